The molecule has 0 heteroatoms. The number of benzene rings is 3. The minimum atomic E-state index is 1.10. The molecular formula is C21H18. The number of allylic oxidation sites excluding steroid dienone is 1. The van der Waals surface area contributed by atoms with Crippen molar-refractivity contribution >= 4 is 16.3 Å². The zero-order valence-corrected chi connectivity index (χ0v) is 12.3. The molecule has 102 valence electrons. The molecule has 0 N–H and O–H groups in total. The minimum Gasteiger partial charge on any atom is -0.0619 e. The first-order valence-corrected chi connectivity index (χ1v) is 7.67. The van der Waals surface area contributed by atoms with E-state index in [4.69, 9.17) is 0 Å². The van der Waals surface area contributed by atoms with Crippen LogP contribution in [0, 0.1) is 0 Å². The van der Waals surface area contributed by atoms with Gasteiger partial charge in [0.25, 0.3) is 0 Å². The van der Waals surface area contributed by atoms with Crippen LogP contribution < -0.4 is 0 Å². The summed E-state index contributed by atoms with van der Waals surface area (Å²) in [5.74, 6) is 0. The second-order valence-electron chi connectivity index (χ2n) is 5.69. The molecule has 0 fully saturated rings. The monoisotopic (exact) mass is 270 g/mol. The molecule has 0 radical (unpaired) electrons. The van der Waals surface area contributed by atoms with Crippen LogP contribution in [-0.2, 0) is 6.42 Å². The van der Waals surface area contributed by atoms with Crippen LogP contribution in [0.3, 0.4) is 0 Å². The fourth-order valence-electron chi connectivity index (χ4n) is 3.51. The summed E-state index contributed by atoms with van der Waals surface area (Å²) >= 11 is 0. The lowest BCUT2D eigenvalue weighted by atomic mass is 9.92. The third kappa shape index (κ3) is 1.91. The Kier molecular flexibility index (Phi) is 2.89. The Morgan fingerprint density at radius 2 is 1.48 bits per heavy atom. The fourth-order valence-corrected chi connectivity index (χ4v) is 3.51. The molecule has 0 aromatic heterocycles. The maximum Gasteiger partial charge on any atom is -0.00516 e. The molecule has 4 rings (SSSR count). The Hall–Kier alpha value is -2.34. The van der Waals surface area contributed by atoms with Crippen LogP contribution in [0.15, 0.2) is 72.3 Å². The van der Waals surface area contributed by atoms with Crippen molar-refractivity contribution < 1.29 is 0 Å². The van der Waals surface area contributed by atoms with Gasteiger partial charge in [0.15, 0.2) is 0 Å². The Morgan fingerprint density at radius 3 is 2.38 bits per heavy atom. The molecule has 0 nitrogen and oxygen atoms in total. The van der Waals surface area contributed by atoms with Crippen LogP contribution in [-0.4, -0.2) is 0 Å². The molecule has 0 atom stereocenters. The van der Waals surface area contributed by atoms with Gasteiger partial charge < -0.3 is 0 Å². The van der Waals surface area contributed by atoms with Crippen LogP contribution in [0.2, 0.25) is 0 Å². The summed E-state index contributed by atoms with van der Waals surface area (Å²) in [5, 5.41) is 2.68. The Bertz CT molecular complexity index is 847. The van der Waals surface area contributed by atoms with Gasteiger partial charge in [-0.3, -0.25) is 0 Å². The highest BCUT2D eigenvalue weighted by Crippen LogP contribution is 2.40. The Labute approximate surface area is 125 Å². The van der Waals surface area contributed by atoms with Crippen LogP contribution in [0.1, 0.15) is 30.0 Å². The van der Waals surface area contributed by atoms with E-state index in [0.29, 0.717) is 0 Å². The van der Waals surface area contributed by atoms with Crippen molar-refractivity contribution in [3.05, 3.63) is 89.0 Å². The maximum atomic E-state index is 2.27. The van der Waals surface area contributed by atoms with E-state index in [9.17, 15) is 0 Å². The van der Waals surface area contributed by atoms with Crippen molar-refractivity contribution in [2.24, 2.45) is 0 Å². The quantitative estimate of drug-likeness (QED) is 0.568. The first kappa shape index (κ1) is 12.4. The molecule has 0 bridgehead atoms. The lowest BCUT2D eigenvalue weighted by Crippen LogP contribution is -1.90. The molecule has 0 saturated heterocycles. The van der Waals surface area contributed by atoms with Gasteiger partial charge in [-0.2, -0.15) is 0 Å². The third-order valence-corrected chi connectivity index (χ3v) is 4.53. The highest BCUT2D eigenvalue weighted by molar-refractivity contribution is 6.00. The lowest BCUT2D eigenvalue weighted by molar-refractivity contribution is 1.03. The molecule has 0 aliphatic heterocycles. The van der Waals surface area contributed by atoms with Crippen LogP contribution >= 0.6 is 0 Å². The van der Waals surface area contributed by atoms with Gasteiger partial charge in [0, 0.05) is 0 Å². The standard InChI is InChI=1S/C21H18/c1-2-15-14-17-9-4-6-12-19(17)21(15)20-13-7-10-16-8-3-5-11-18(16)20/h3-13H,2,14H2,1H3. The lowest BCUT2D eigenvalue weighted by Gasteiger charge is -2.11. The molecule has 1 aliphatic carbocycles. The van der Waals surface area contributed by atoms with Gasteiger partial charge in [0.2, 0.25) is 0 Å². The third-order valence-electron chi connectivity index (χ3n) is 4.53. The second kappa shape index (κ2) is 4.89. The molecular weight excluding hydrogens is 252 g/mol. The number of rotatable bonds is 2. The highest BCUT2D eigenvalue weighted by Gasteiger charge is 2.22. The average Bonchev–Trinajstić information content (AvgIpc) is 2.92. The number of fused-ring (bicyclic) bond motifs is 2. The smallest absolute Gasteiger partial charge is 0.00516 e. The predicted octanol–water partition coefficient (Wildman–Crippen LogP) is 5.61. The largest absolute Gasteiger partial charge is 0.0619 e. The van der Waals surface area contributed by atoms with E-state index < -0.39 is 0 Å². The predicted molar refractivity (Wildman–Crippen MR) is 90.4 cm³/mol. The molecule has 1 aliphatic rings. The zero-order valence-electron chi connectivity index (χ0n) is 12.3. The molecule has 0 amide bonds. The van der Waals surface area contributed by atoms with E-state index in [0.717, 1.165) is 12.8 Å². The molecule has 0 unspecified atom stereocenters. The zero-order chi connectivity index (χ0) is 14.2. The molecule has 3 aromatic carbocycles. The molecule has 3 aromatic rings. The summed E-state index contributed by atoms with van der Waals surface area (Å²) in [6, 6.07) is 24.2. The normalized spacial score (nSPS) is 13.8. The second-order valence-corrected chi connectivity index (χ2v) is 5.69. The van der Waals surface area contributed by atoms with Gasteiger partial charge in [-0.25, -0.2) is 0 Å². The summed E-state index contributed by atoms with van der Waals surface area (Å²) in [4.78, 5) is 0. The summed E-state index contributed by atoms with van der Waals surface area (Å²) < 4.78 is 0. The average molecular weight is 270 g/mol. The Balaban J connectivity index is 2.03. The van der Waals surface area contributed by atoms with E-state index in [-0.39, 0.29) is 0 Å². The van der Waals surface area contributed by atoms with Crippen LogP contribution in [0.25, 0.3) is 16.3 Å². The fraction of sp³-hybridized carbons (Fsp3) is 0.143. The van der Waals surface area contributed by atoms with E-state index in [1.54, 1.807) is 5.57 Å². The molecule has 0 saturated carbocycles. The summed E-state index contributed by atoms with van der Waals surface area (Å²) in [6.45, 7) is 2.27. The van der Waals surface area contributed by atoms with Gasteiger partial charge in [-0.1, -0.05) is 79.2 Å². The number of hydrogen-bond donors (Lipinski definition) is 0. The summed E-state index contributed by atoms with van der Waals surface area (Å²) in [7, 11) is 0. The van der Waals surface area contributed by atoms with Gasteiger partial charge in [-0.05, 0) is 45.9 Å². The minimum absolute atomic E-state index is 1.10. The van der Waals surface area contributed by atoms with Crippen LogP contribution in [0.4, 0.5) is 0 Å². The van der Waals surface area contributed by atoms with E-state index >= 15 is 0 Å². The molecule has 0 heterocycles. The van der Waals surface area contributed by atoms with E-state index in [1.165, 1.54) is 33.0 Å². The molecule has 0 spiro atoms. The first-order chi connectivity index (χ1) is 10.4. The van der Waals surface area contributed by atoms with Crippen molar-refractivity contribution in [1.29, 1.82) is 0 Å². The summed E-state index contributed by atoms with van der Waals surface area (Å²) in [6.07, 6.45) is 2.22. The van der Waals surface area contributed by atoms with E-state index in [2.05, 4.69) is 73.7 Å². The van der Waals surface area contributed by atoms with Crippen molar-refractivity contribution in [2.45, 2.75) is 19.8 Å². The van der Waals surface area contributed by atoms with Crippen molar-refractivity contribution in [1.82, 2.24) is 0 Å². The highest BCUT2D eigenvalue weighted by atomic mass is 14.3. The van der Waals surface area contributed by atoms with Crippen LogP contribution in [0.5, 0.6) is 0 Å². The first-order valence-electron chi connectivity index (χ1n) is 7.67. The molecule has 21 heavy (non-hydrogen) atoms. The van der Waals surface area contributed by atoms with Crippen molar-refractivity contribution in [3.8, 4) is 0 Å². The SMILES string of the molecule is CCC1=C(c2cccc3ccccc23)c2ccccc2C1. The van der Waals surface area contributed by atoms with Gasteiger partial charge in [-0.15, -0.1) is 0 Å². The topological polar surface area (TPSA) is 0 Å². The van der Waals surface area contributed by atoms with Crippen molar-refractivity contribution in [3.63, 3.8) is 0 Å². The van der Waals surface area contributed by atoms with Gasteiger partial charge in [0.1, 0.15) is 0 Å². The van der Waals surface area contributed by atoms with E-state index in [1.807, 2.05) is 0 Å². The van der Waals surface area contributed by atoms with Gasteiger partial charge >= 0.3 is 0 Å². The number of hydrogen-bond acceptors (Lipinski definition) is 0. The Morgan fingerprint density at radius 1 is 0.762 bits per heavy atom. The maximum absolute atomic E-state index is 2.27. The van der Waals surface area contributed by atoms with Gasteiger partial charge in [0.05, 0.1) is 0 Å². The van der Waals surface area contributed by atoms with Crippen molar-refractivity contribution in [2.75, 3.05) is 0 Å². The summed E-state index contributed by atoms with van der Waals surface area (Å²) in [5.41, 5.74) is 7.30.